The van der Waals surface area contributed by atoms with Crippen LogP contribution in [0.3, 0.4) is 0 Å². The normalized spacial score (nSPS) is 14.8. The van der Waals surface area contributed by atoms with Crippen molar-refractivity contribution in [2.24, 2.45) is 11.5 Å². The molecule has 10 heteroatoms. The van der Waals surface area contributed by atoms with Crippen molar-refractivity contribution < 1.29 is 9.59 Å². The average molecular weight is 369 g/mol. The molecule has 0 radical (unpaired) electrons. The van der Waals surface area contributed by atoms with E-state index in [4.69, 9.17) is 11.5 Å². The number of carbonyl (C=O) groups excluding carboxylic acids is 2. The summed E-state index contributed by atoms with van der Waals surface area (Å²) in [6, 6.07) is 7.75. The van der Waals surface area contributed by atoms with Gasteiger partial charge in [0.15, 0.2) is 11.5 Å². The van der Waals surface area contributed by atoms with E-state index in [2.05, 4.69) is 25.8 Å². The lowest BCUT2D eigenvalue weighted by molar-refractivity contribution is -0.119. The Hall–Kier alpha value is -3.27. The van der Waals surface area contributed by atoms with E-state index in [1.54, 1.807) is 11.3 Å². The van der Waals surface area contributed by atoms with Gasteiger partial charge in [-0.1, -0.05) is 0 Å². The molecule has 0 bridgehead atoms. The van der Waals surface area contributed by atoms with Gasteiger partial charge in [0.1, 0.15) is 5.54 Å². The molecule has 1 aliphatic carbocycles. The van der Waals surface area contributed by atoms with Crippen LogP contribution in [0.1, 0.15) is 23.3 Å². The first-order valence-corrected chi connectivity index (χ1v) is 8.72. The van der Waals surface area contributed by atoms with Crippen LogP contribution >= 0.6 is 11.3 Å². The van der Waals surface area contributed by atoms with E-state index in [1.807, 2.05) is 29.6 Å². The molecule has 2 heterocycles. The first kappa shape index (κ1) is 16.2. The smallest absolute Gasteiger partial charge is 0.273 e. The van der Waals surface area contributed by atoms with Gasteiger partial charge in [0.2, 0.25) is 11.9 Å². The first-order valence-electron chi connectivity index (χ1n) is 7.84. The molecule has 0 saturated heterocycles. The minimum Gasteiger partial charge on any atom is -0.368 e. The Bertz CT molecular complexity index is 1030. The molecule has 1 fully saturated rings. The van der Waals surface area contributed by atoms with Crippen molar-refractivity contribution in [3.8, 4) is 0 Å². The summed E-state index contributed by atoms with van der Waals surface area (Å²) in [5.74, 6) is -0.973. The molecular formula is C16H15N7O2S. The molecule has 1 aliphatic rings. The van der Waals surface area contributed by atoms with Gasteiger partial charge in [0.25, 0.3) is 5.91 Å². The highest BCUT2D eigenvalue weighted by atomic mass is 32.1. The van der Waals surface area contributed by atoms with Crippen LogP contribution in [0.5, 0.6) is 0 Å². The number of carbonyl (C=O) groups is 2. The lowest BCUT2D eigenvalue weighted by Crippen LogP contribution is -2.38. The monoisotopic (exact) mass is 369 g/mol. The highest BCUT2D eigenvalue weighted by molar-refractivity contribution is 7.17. The number of hydrogen-bond acceptors (Lipinski definition) is 8. The molecule has 1 saturated carbocycles. The van der Waals surface area contributed by atoms with Crippen LogP contribution in [-0.4, -0.2) is 32.5 Å². The van der Waals surface area contributed by atoms with Crippen LogP contribution < -0.4 is 22.1 Å². The Labute approximate surface area is 151 Å². The maximum absolute atomic E-state index is 11.6. The Morgan fingerprint density at radius 1 is 1.15 bits per heavy atom. The number of nitrogens with two attached hydrogens (primary N) is 2. The van der Waals surface area contributed by atoms with E-state index in [0.717, 1.165) is 15.8 Å². The fraction of sp³-hybridized carbons (Fsp3) is 0.188. The highest BCUT2D eigenvalue weighted by Crippen LogP contribution is 2.38. The number of nitrogens with zero attached hydrogens (tertiary/aromatic N) is 3. The van der Waals surface area contributed by atoms with Gasteiger partial charge in [-0.2, -0.15) is 4.98 Å². The van der Waals surface area contributed by atoms with Crippen molar-refractivity contribution in [2.45, 2.75) is 18.4 Å². The summed E-state index contributed by atoms with van der Waals surface area (Å²) in [4.78, 5) is 27.4. The van der Waals surface area contributed by atoms with Crippen molar-refractivity contribution >= 4 is 50.7 Å². The molecule has 132 valence electrons. The molecule has 4 rings (SSSR count). The molecule has 26 heavy (non-hydrogen) atoms. The second kappa shape index (κ2) is 5.92. The first-order chi connectivity index (χ1) is 12.5. The molecule has 0 aliphatic heterocycles. The van der Waals surface area contributed by atoms with Crippen molar-refractivity contribution in [1.29, 1.82) is 0 Å². The van der Waals surface area contributed by atoms with Gasteiger partial charge >= 0.3 is 0 Å². The van der Waals surface area contributed by atoms with E-state index < -0.39 is 17.4 Å². The van der Waals surface area contributed by atoms with E-state index in [0.29, 0.717) is 12.8 Å². The van der Waals surface area contributed by atoms with Gasteiger partial charge in [-0.05, 0) is 47.9 Å². The predicted molar refractivity (Wildman–Crippen MR) is 98.2 cm³/mol. The number of anilines is 3. The Morgan fingerprint density at radius 2 is 1.96 bits per heavy atom. The number of amides is 2. The maximum Gasteiger partial charge on any atom is 0.273 e. The number of rotatable bonds is 6. The molecule has 9 nitrogen and oxygen atoms in total. The zero-order valence-corrected chi connectivity index (χ0v) is 14.3. The third-order valence-corrected chi connectivity index (χ3v) is 5.11. The quantitative estimate of drug-likeness (QED) is 0.512. The molecule has 1 aromatic carbocycles. The van der Waals surface area contributed by atoms with Crippen molar-refractivity contribution in [3.05, 3.63) is 35.3 Å². The van der Waals surface area contributed by atoms with Crippen LogP contribution in [0.2, 0.25) is 0 Å². The minimum absolute atomic E-state index is 0.0927. The second-order valence-electron chi connectivity index (χ2n) is 6.07. The lowest BCUT2D eigenvalue weighted by atomic mass is 10.2. The number of fused-ring (bicyclic) bond motifs is 1. The number of thiophene rings is 1. The van der Waals surface area contributed by atoms with Crippen molar-refractivity contribution in [2.75, 3.05) is 10.6 Å². The zero-order valence-electron chi connectivity index (χ0n) is 13.5. The van der Waals surface area contributed by atoms with E-state index >= 15 is 0 Å². The number of hydrogen-bond donors (Lipinski definition) is 4. The summed E-state index contributed by atoms with van der Waals surface area (Å²) in [5, 5.41) is 16.7. The zero-order chi connectivity index (χ0) is 18.3. The Morgan fingerprint density at radius 3 is 2.65 bits per heavy atom. The topological polar surface area (TPSA) is 149 Å². The molecule has 0 unspecified atom stereocenters. The fourth-order valence-corrected chi connectivity index (χ4v) is 3.36. The maximum atomic E-state index is 11.6. The van der Waals surface area contributed by atoms with E-state index in [9.17, 15) is 9.59 Å². The van der Waals surface area contributed by atoms with Gasteiger partial charge in [-0.3, -0.25) is 9.59 Å². The molecule has 0 atom stereocenters. The fourth-order valence-electron chi connectivity index (χ4n) is 2.59. The summed E-state index contributed by atoms with van der Waals surface area (Å²) >= 11 is 1.64. The third-order valence-electron chi connectivity index (χ3n) is 4.21. The van der Waals surface area contributed by atoms with Crippen LogP contribution in [0.15, 0.2) is 29.6 Å². The average Bonchev–Trinajstić information content (AvgIpc) is 3.23. The van der Waals surface area contributed by atoms with E-state index in [-0.39, 0.29) is 17.5 Å². The summed E-state index contributed by atoms with van der Waals surface area (Å²) in [7, 11) is 0. The lowest BCUT2D eigenvalue weighted by Gasteiger charge is -2.14. The minimum atomic E-state index is -0.844. The SMILES string of the molecule is NC(=O)c1nnc(NC2(C(N)=O)CC2)nc1Nc1ccc2sccc2c1. The number of nitrogens with one attached hydrogen (secondary N) is 2. The number of primary amides is 2. The molecule has 2 amide bonds. The molecule has 6 N–H and O–H groups in total. The van der Waals surface area contributed by atoms with Crippen molar-refractivity contribution in [3.63, 3.8) is 0 Å². The summed E-state index contributed by atoms with van der Waals surface area (Å²) in [6.45, 7) is 0. The predicted octanol–water partition coefficient (Wildman–Crippen LogP) is 1.36. The second-order valence-corrected chi connectivity index (χ2v) is 7.01. The largest absolute Gasteiger partial charge is 0.368 e. The third kappa shape index (κ3) is 2.90. The van der Waals surface area contributed by atoms with Crippen LogP contribution in [0, 0.1) is 0 Å². The van der Waals surface area contributed by atoms with Gasteiger partial charge < -0.3 is 22.1 Å². The summed E-state index contributed by atoms with van der Waals surface area (Å²) in [5.41, 5.74) is 10.5. The van der Waals surface area contributed by atoms with E-state index in [1.165, 1.54) is 0 Å². The highest BCUT2D eigenvalue weighted by Gasteiger charge is 2.49. The standard InChI is InChI=1S/C16H15N7O2S/c17-12(24)11-13(19-9-1-2-10-8(7-9)3-6-26-10)20-15(23-22-11)21-16(4-5-16)14(18)25/h1-3,6-7H,4-5H2,(H2,17,24)(H2,18,25)(H2,19,20,21,23). The molecule has 3 aromatic rings. The van der Waals surface area contributed by atoms with Crippen LogP contribution in [-0.2, 0) is 4.79 Å². The van der Waals surface area contributed by atoms with Gasteiger partial charge in [-0.15, -0.1) is 21.5 Å². The van der Waals surface area contributed by atoms with Gasteiger partial charge in [0, 0.05) is 10.4 Å². The van der Waals surface area contributed by atoms with Crippen LogP contribution in [0.25, 0.3) is 10.1 Å². The molecule has 2 aromatic heterocycles. The Balaban J connectivity index is 1.67. The van der Waals surface area contributed by atoms with Crippen molar-refractivity contribution in [1.82, 2.24) is 15.2 Å². The summed E-state index contributed by atoms with van der Waals surface area (Å²) in [6.07, 6.45) is 1.20. The van der Waals surface area contributed by atoms with Crippen LogP contribution in [0.4, 0.5) is 17.5 Å². The molecule has 0 spiro atoms. The number of benzene rings is 1. The van der Waals surface area contributed by atoms with Gasteiger partial charge in [-0.25, -0.2) is 0 Å². The van der Waals surface area contributed by atoms with Gasteiger partial charge in [0.05, 0.1) is 0 Å². The number of aromatic nitrogens is 3. The Kier molecular flexibility index (Phi) is 3.69. The summed E-state index contributed by atoms with van der Waals surface area (Å²) < 4.78 is 1.14. The molecular weight excluding hydrogens is 354 g/mol.